The third-order valence-corrected chi connectivity index (χ3v) is 3.14. The fourth-order valence-corrected chi connectivity index (χ4v) is 1.95. The number of aromatic hydroxyl groups is 1. The van der Waals surface area contributed by atoms with Crippen molar-refractivity contribution >= 4 is 11.9 Å². The molecule has 2 N–H and O–H groups in total. The largest absolute Gasteiger partial charge is 0.505 e. The Kier molecular flexibility index (Phi) is 4.90. The quantitative estimate of drug-likeness (QED) is 0.840. The molecule has 2 aromatic rings. The van der Waals surface area contributed by atoms with Gasteiger partial charge < -0.3 is 15.2 Å². The van der Waals surface area contributed by atoms with Gasteiger partial charge in [0.15, 0.2) is 5.69 Å². The number of carbonyl (C=O) groups is 2. The minimum Gasteiger partial charge on any atom is -0.505 e. The van der Waals surface area contributed by atoms with Crippen LogP contribution in [0.3, 0.4) is 0 Å². The molecule has 120 valence electrons. The molecule has 0 saturated carbocycles. The first-order valence-electron chi connectivity index (χ1n) is 6.76. The van der Waals surface area contributed by atoms with E-state index in [2.05, 4.69) is 15.0 Å². The first-order valence-corrected chi connectivity index (χ1v) is 6.76. The van der Waals surface area contributed by atoms with Crippen molar-refractivity contribution in [1.29, 1.82) is 0 Å². The second kappa shape index (κ2) is 6.87. The zero-order chi connectivity index (χ0) is 17.0. The van der Waals surface area contributed by atoms with Gasteiger partial charge in [-0.05, 0) is 30.7 Å². The van der Waals surface area contributed by atoms with E-state index in [1.165, 1.54) is 44.5 Å². The maximum Gasteiger partial charge on any atom is 0.328 e. The van der Waals surface area contributed by atoms with Crippen molar-refractivity contribution < 1.29 is 23.8 Å². The SMILES string of the molecule is COC(=O)C(C)NC(=O)c1ncc(-c2cccc(F)c2)cc1O. The molecule has 0 radical (unpaired) electrons. The number of rotatable bonds is 4. The molecular formula is C16H15FN2O4. The van der Waals surface area contributed by atoms with Gasteiger partial charge in [-0.2, -0.15) is 0 Å². The zero-order valence-electron chi connectivity index (χ0n) is 12.5. The van der Waals surface area contributed by atoms with E-state index in [4.69, 9.17) is 0 Å². The second-order valence-corrected chi connectivity index (χ2v) is 4.82. The number of carbonyl (C=O) groups excluding carboxylic acids is 2. The number of hydrogen-bond donors (Lipinski definition) is 2. The number of halogens is 1. The molecule has 7 heteroatoms. The number of ether oxygens (including phenoxy) is 1. The standard InChI is InChI=1S/C16H15FN2O4/c1-9(16(22)23-2)19-15(21)14-13(20)7-11(8-18-14)10-4-3-5-12(17)6-10/h3-9,20H,1-2H3,(H,19,21). The molecule has 1 aromatic heterocycles. The molecule has 1 amide bonds. The second-order valence-electron chi connectivity index (χ2n) is 4.82. The highest BCUT2D eigenvalue weighted by atomic mass is 19.1. The maximum absolute atomic E-state index is 13.2. The predicted octanol–water partition coefficient (Wildman–Crippen LogP) is 1.88. The fourth-order valence-electron chi connectivity index (χ4n) is 1.95. The molecule has 2 rings (SSSR count). The monoisotopic (exact) mass is 318 g/mol. The number of nitrogens with zero attached hydrogens (tertiary/aromatic N) is 1. The normalized spacial score (nSPS) is 11.6. The molecule has 0 spiro atoms. The summed E-state index contributed by atoms with van der Waals surface area (Å²) in [4.78, 5) is 27.2. The first kappa shape index (κ1) is 16.4. The van der Waals surface area contributed by atoms with E-state index < -0.39 is 23.7 Å². The highest BCUT2D eigenvalue weighted by Crippen LogP contribution is 2.25. The van der Waals surface area contributed by atoms with E-state index in [-0.39, 0.29) is 11.4 Å². The van der Waals surface area contributed by atoms with Crippen LogP contribution in [0.4, 0.5) is 4.39 Å². The summed E-state index contributed by atoms with van der Waals surface area (Å²) in [5.74, 6) is -2.13. The maximum atomic E-state index is 13.2. The fraction of sp³-hybridized carbons (Fsp3) is 0.188. The van der Waals surface area contributed by atoms with Crippen LogP contribution in [-0.2, 0) is 9.53 Å². The predicted molar refractivity (Wildman–Crippen MR) is 80.2 cm³/mol. The number of aromatic nitrogens is 1. The van der Waals surface area contributed by atoms with Crippen LogP contribution in [0.25, 0.3) is 11.1 Å². The summed E-state index contributed by atoms with van der Waals surface area (Å²) in [7, 11) is 1.20. The summed E-state index contributed by atoms with van der Waals surface area (Å²) in [6.07, 6.45) is 1.34. The van der Waals surface area contributed by atoms with Gasteiger partial charge in [-0.15, -0.1) is 0 Å². The van der Waals surface area contributed by atoms with Crippen LogP contribution >= 0.6 is 0 Å². The van der Waals surface area contributed by atoms with Crippen molar-refractivity contribution in [2.75, 3.05) is 7.11 Å². The molecule has 1 heterocycles. The summed E-state index contributed by atoms with van der Waals surface area (Å²) in [6, 6.07) is 6.19. The van der Waals surface area contributed by atoms with Crippen LogP contribution in [0.15, 0.2) is 36.5 Å². The third-order valence-electron chi connectivity index (χ3n) is 3.14. The Balaban J connectivity index is 2.22. The van der Waals surface area contributed by atoms with Crippen molar-refractivity contribution in [3.8, 4) is 16.9 Å². The van der Waals surface area contributed by atoms with Crippen molar-refractivity contribution in [2.24, 2.45) is 0 Å². The van der Waals surface area contributed by atoms with Crippen LogP contribution in [0.5, 0.6) is 5.75 Å². The Morgan fingerprint density at radius 2 is 2.04 bits per heavy atom. The zero-order valence-corrected chi connectivity index (χ0v) is 12.5. The number of benzene rings is 1. The molecule has 1 unspecified atom stereocenters. The number of esters is 1. The Bertz CT molecular complexity index is 749. The lowest BCUT2D eigenvalue weighted by Crippen LogP contribution is -2.39. The van der Waals surface area contributed by atoms with Crippen LogP contribution in [0.1, 0.15) is 17.4 Å². The first-order chi connectivity index (χ1) is 10.9. The molecule has 1 atom stereocenters. The lowest BCUT2D eigenvalue weighted by molar-refractivity contribution is -0.142. The topological polar surface area (TPSA) is 88.5 Å². The van der Waals surface area contributed by atoms with Gasteiger partial charge in [-0.25, -0.2) is 14.2 Å². The Morgan fingerprint density at radius 1 is 1.30 bits per heavy atom. The summed E-state index contributed by atoms with van der Waals surface area (Å²) >= 11 is 0. The van der Waals surface area contributed by atoms with Gasteiger partial charge >= 0.3 is 5.97 Å². The Morgan fingerprint density at radius 3 is 2.65 bits per heavy atom. The average Bonchev–Trinajstić information content (AvgIpc) is 2.53. The highest BCUT2D eigenvalue weighted by molar-refractivity contribution is 5.97. The number of nitrogens with one attached hydrogen (secondary N) is 1. The lowest BCUT2D eigenvalue weighted by atomic mass is 10.1. The van der Waals surface area contributed by atoms with Gasteiger partial charge in [0.25, 0.3) is 5.91 Å². The van der Waals surface area contributed by atoms with Crippen LogP contribution in [0, 0.1) is 5.82 Å². The highest BCUT2D eigenvalue weighted by Gasteiger charge is 2.20. The number of methoxy groups -OCH3 is 1. The molecule has 0 aliphatic heterocycles. The molecule has 0 bridgehead atoms. The minimum atomic E-state index is -0.878. The summed E-state index contributed by atoms with van der Waals surface area (Å²) in [5.41, 5.74) is 0.739. The van der Waals surface area contributed by atoms with E-state index in [1.54, 1.807) is 6.07 Å². The van der Waals surface area contributed by atoms with E-state index in [9.17, 15) is 19.1 Å². The minimum absolute atomic E-state index is 0.235. The summed E-state index contributed by atoms with van der Waals surface area (Å²) in [6.45, 7) is 1.45. The van der Waals surface area contributed by atoms with E-state index in [1.807, 2.05) is 0 Å². The van der Waals surface area contributed by atoms with Gasteiger partial charge in [0, 0.05) is 11.8 Å². The number of hydrogen-bond acceptors (Lipinski definition) is 5. The molecule has 1 aromatic carbocycles. The van der Waals surface area contributed by atoms with E-state index in [0.717, 1.165) is 0 Å². The third kappa shape index (κ3) is 3.82. The van der Waals surface area contributed by atoms with Crippen molar-refractivity contribution in [1.82, 2.24) is 10.3 Å². The van der Waals surface area contributed by atoms with Crippen LogP contribution < -0.4 is 5.32 Å². The van der Waals surface area contributed by atoms with Crippen LogP contribution in [0.2, 0.25) is 0 Å². The number of pyridine rings is 1. The number of amides is 1. The van der Waals surface area contributed by atoms with E-state index >= 15 is 0 Å². The van der Waals surface area contributed by atoms with Crippen molar-refractivity contribution in [2.45, 2.75) is 13.0 Å². The Labute approximate surface area is 131 Å². The molecule has 0 saturated heterocycles. The molecule has 0 aliphatic carbocycles. The van der Waals surface area contributed by atoms with Crippen molar-refractivity contribution in [3.05, 3.63) is 48.0 Å². The van der Waals surface area contributed by atoms with Gasteiger partial charge in [0.2, 0.25) is 0 Å². The van der Waals surface area contributed by atoms with Crippen molar-refractivity contribution in [3.63, 3.8) is 0 Å². The molecule has 23 heavy (non-hydrogen) atoms. The summed E-state index contributed by atoms with van der Waals surface area (Å²) < 4.78 is 17.7. The van der Waals surface area contributed by atoms with E-state index in [0.29, 0.717) is 11.1 Å². The van der Waals surface area contributed by atoms with Gasteiger partial charge in [0.05, 0.1) is 7.11 Å². The van der Waals surface area contributed by atoms with Crippen LogP contribution in [-0.4, -0.2) is 35.1 Å². The summed E-state index contributed by atoms with van der Waals surface area (Å²) in [5, 5.41) is 12.3. The molecular weight excluding hydrogens is 303 g/mol. The Hall–Kier alpha value is -2.96. The molecule has 6 nitrogen and oxygen atoms in total. The smallest absolute Gasteiger partial charge is 0.328 e. The van der Waals surface area contributed by atoms with Gasteiger partial charge in [0.1, 0.15) is 17.6 Å². The molecule has 0 aliphatic rings. The van der Waals surface area contributed by atoms with Gasteiger partial charge in [-0.1, -0.05) is 12.1 Å². The molecule has 0 fully saturated rings. The average molecular weight is 318 g/mol. The van der Waals surface area contributed by atoms with Gasteiger partial charge in [-0.3, -0.25) is 4.79 Å². The lowest BCUT2D eigenvalue weighted by Gasteiger charge is -2.12.